The number of amides is 1. The molecular formula is C29H32FNO2. The Labute approximate surface area is 195 Å². The summed E-state index contributed by atoms with van der Waals surface area (Å²) in [5.41, 5.74) is 4.12. The van der Waals surface area contributed by atoms with E-state index in [0.717, 1.165) is 36.0 Å². The Bertz CT molecular complexity index is 1050. The van der Waals surface area contributed by atoms with Gasteiger partial charge in [-0.1, -0.05) is 73.7 Å². The Kier molecular flexibility index (Phi) is 7.24. The Morgan fingerprint density at radius 2 is 1.61 bits per heavy atom. The lowest BCUT2D eigenvalue weighted by atomic mass is 9.69. The fraction of sp³-hybridized carbons (Fsp3) is 0.345. The summed E-state index contributed by atoms with van der Waals surface area (Å²) in [6.07, 6.45) is 3.73. The molecule has 0 bridgehead atoms. The van der Waals surface area contributed by atoms with Crippen LogP contribution in [-0.4, -0.2) is 29.1 Å². The van der Waals surface area contributed by atoms with E-state index in [1.54, 1.807) is 12.1 Å². The fourth-order valence-electron chi connectivity index (χ4n) is 5.26. The molecule has 1 aliphatic rings. The van der Waals surface area contributed by atoms with E-state index in [2.05, 4.69) is 43.3 Å². The molecule has 4 heteroatoms. The number of rotatable bonds is 8. The summed E-state index contributed by atoms with van der Waals surface area (Å²) in [4.78, 5) is 15.5. The molecule has 3 aromatic rings. The second-order valence-electron chi connectivity index (χ2n) is 9.04. The van der Waals surface area contributed by atoms with Gasteiger partial charge in [-0.05, 0) is 60.1 Å². The van der Waals surface area contributed by atoms with Gasteiger partial charge >= 0.3 is 0 Å². The van der Waals surface area contributed by atoms with Crippen LogP contribution < -0.4 is 0 Å². The van der Waals surface area contributed by atoms with Gasteiger partial charge in [-0.3, -0.25) is 4.79 Å². The first-order valence-electron chi connectivity index (χ1n) is 11.9. The number of nitrogens with zero attached hydrogens (tertiary/aromatic N) is 1. The lowest BCUT2D eigenvalue weighted by Crippen LogP contribution is -2.47. The van der Waals surface area contributed by atoms with Gasteiger partial charge in [-0.2, -0.15) is 0 Å². The van der Waals surface area contributed by atoms with Crippen molar-refractivity contribution in [2.75, 3.05) is 13.2 Å². The minimum atomic E-state index is -0.240. The predicted molar refractivity (Wildman–Crippen MR) is 130 cm³/mol. The summed E-state index contributed by atoms with van der Waals surface area (Å²) in [6.45, 7) is 2.97. The highest BCUT2D eigenvalue weighted by atomic mass is 19.1. The van der Waals surface area contributed by atoms with Crippen molar-refractivity contribution in [1.29, 1.82) is 0 Å². The van der Waals surface area contributed by atoms with Crippen LogP contribution in [0.2, 0.25) is 0 Å². The van der Waals surface area contributed by atoms with Crippen molar-refractivity contribution in [1.82, 2.24) is 4.90 Å². The van der Waals surface area contributed by atoms with Gasteiger partial charge in [0.15, 0.2) is 0 Å². The molecule has 1 amide bonds. The SMILES string of the molecule is CC[C@@H](c1ccc(-c2ccc(F)cc2)cc1)N1CC[C@](CCCO)(c2ccccc2)CC1=O. The summed E-state index contributed by atoms with van der Waals surface area (Å²) < 4.78 is 13.2. The van der Waals surface area contributed by atoms with Gasteiger partial charge in [0.2, 0.25) is 5.91 Å². The van der Waals surface area contributed by atoms with Crippen LogP contribution in [0.1, 0.15) is 56.2 Å². The van der Waals surface area contributed by atoms with Gasteiger partial charge in [0.25, 0.3) is 0 Å². The maximum atomic E-state index is 13.5. The first-order valence-corrected chi connectivity index (χ1v) is 11.9. The molecule has 2 atom stereocenters. The molecule has 0 radical (unpaired) electrons. The fourth-order valence-corrected chi connectivity index (χ4v) is 5.26. The number of carbonyl (C=O) groups is 1. The molecule has 1 N–H and O–H groups in total. The summed E-state index contributed by atoms with van der Waals surface area (Å²) in [5.74, 6) is -0.0619. The van der Waals surface area contributed by atoms with E-state index in [4.69, 9.17) is 0 Å². The molecule has 4 rings (SSSR count). The van der Waals surface area contributed by atoms with E-state index in [1.807, 2.05) is 23.1 Å². The third-order valence-electron chi connectivity index (χ3n) is 7.08. The largest absolute Gasteiger partial charge is 0.396 e. The molecule has 0 aromatic heterocycles. The lowest BCUT2D eigenvalue weighted by Gasteiger charge is -2.44. The molecule has 1 saturated heterocycles. The van der Waals surface area contributed by atoms with Crippen LogP contribution in [-0.2, 0) is 10.2 Å². The number of aliphatic hydroxyl groups is 1. The second kappa shape index (κ2) is 10.3. The number of hydrogen-bond donors (Lipinski definition) is 1. The van der Waals surface area contributed by atoms with Crippen LogP contribution in [0.15, 0.2) is 78.9 Å². The maximum Gasteiger partial charge on any atom is 0.223 e. The van der Waals surface area contributed by atoms with E-state index < -0.39 is 0 Å². The third kappa shape index (κ3) is 5.01. The first-order chi connectivity index (χ1) is 16.1. The molecule has 33 heavy (non-hydrogen) atoms. The van der Waals surface area contributed by atoms with Crippen LogP contribution in [0, 0.1) is 5.82 Å². The van der Waals surface area contributed by atoms with Crippen molar-refractivity contribution in [2.24, 2.45) is 0 Å². The Hall–Kier alpha value is -2.98. The van der Waals surface area contributed by atoms with Crippen molar-refractivity contribution in [2.45, 2.75) is 50.5 Å². The van der Waals surface area contributed by atoms with Gasteiger partial charge in [0, 0.05) is 25.0 Å². The molecule has 1 aliphatic heterocycles. The maximum absolute atomic E-state index is 13.5. The summed E-state index contributed by atoms with van der Waals surface area (Å²) in [7, 11) is 0. The van der Waals surface area contributed by atoms with Gasteiger partial charge < -0.3 is 10.0 Å². The number of piperidine rings is 1. The molecule has 1 heterocycles. The minimum Gasteiger partial charge on any atom is -0.396 e. The molecular weight excluding hydrogens is 413 g/mol. The number of halogens is 1. The van der Waals surface area contributed by atoms with Crippen LogP contribution in [0.5, 0.6) is 0 Å². The second-order valence-corrected chi connectivity index (χ2v) is 9.04. The highest BCUT2D eigenvalue weighted by Crippen LogP contribution is 2.42. The van der Waals surface area contributed by atoms with Crippen LogP contribution >= 0.6 is 0 Å². The molecule has 0 aliphatic carbocycles. The molecule has 0 saturated carbocycles. The number of aliphatic hydroxyl groups excluding tert-OH is 1. The Morgan fingerprint density at radius 1 is 0.970 bits per heavy atom. The predicted octanol–water partition coefficient (Wildman–Crippen LogP) is 6.28. The summed E-state index contributed by atoms with van der Waals surface area (Å²) >= 11 is 0. The van der Waals surface area contributed by atoms with E-state index in [1.165, 1.54) is 17.7 Å². The number of hydrogen-bond acceptors (Lipinski definition) is 2. The molecule has 3 nitrogen and oxygen atoms in total. The average molecular weight is 446 g/mol. The lowest BCUT2D eigenvalue weighted by molar-refractivity contribution is -0.139. The number of likely N-dealkylation sites (tertiary alicyclic amines) is 1. The first kappa shape index (κ1) is 23.2. The van der Waals surface area contributed by atoms with Crippen molar-refractivity contribution in [3.05, 3.63) is 95.8 Å². The van der Waals surface area contributed by atoms with E-state index in [0.29, 0.717) is 19.4 Å². The zero-order valence-electron chi connectivity index (χ0n) is 19.2. The van der Waals surface area contributed by atoms with Gasteiger partial charge in [-0.25, -0.2) is 4.39 Å². The normalized spacial score (nSPS) is 19.5. The monoisotopic (exact) mass is 445 g/mol. The Balaban J connectivity index is 1.53. The summed E-state index contributed by atoms with van der Waals surface area (Å²) in [5, 5.41) is 9.46. The number of carbonyl (C=O) groups excluding carboxylic acids is 1. The molecule has 3 aromatic carbocycles. The zero-order chi connectivity index (χ0) is 23.3. The van der Waals surface area contributed by atoms with Crippen LogP contribution in [0.25, 0.3) is 11.1 Å². The standard InChI is InChI=1S/C29H32FNO2/c1-2-27(24-11-9-22(10-12-24)23-13-15-26(30)16-14-23)31-19-18-29(17-6-20-32,21-28(31)33)25-7-4-3-5-8-25/h3-5,7-16,27,32H,2,6,17-21H2,1H3/t27-,29-/m0/s1. The highest BCUT2D eigenvalue weighted by Gasteiger charge is 2.41. The highest BCUT2D eigenvalue weighted by molar-refractivity contribution is 5.79. The molecule has 0 spiro atoms. The van der Waals surface area contributed by atoms with Crippen molar-refractivity contribution >= 4 is 5.91 Å². The topological polar surface area (TPSA) is 40.5 Å². The van der Waals surface area contributed by atoms with E-state index >= 15 is 0 Å². The quantitative estimate of drug-likeness (QED) is 0.443. The summed E-state index contributed by atoms with van der Waals surface area (Å²) in [6, 6.07) is 25.1. The Morgan fingerprint density at radius 3 is 2.18 bits per heavy atom. The molecule has 0 unspecified atom stereocenters. The van der Waals surface area contributed by atoms with Gasteiger partial charge in [-0.15, -0.1) is 0 Å². The molecule has 172 valence electrons. The smallest absolute Gasteiger partial charge is 0.223 e. The van der Waals surface area contributed by atoms with Crippen molar-refractivity contribution in [3.63, 3.8) is 0 Å². The third-order valence-corrected chi connectivity index (χ3v) is 7.08. The number of benzene rings is 3. The minimum absolute atomic E-state index is 0.0337. The zero-order valence-corrected chi connectivity index (χ0v) is 19.2. The van der Waals surface area contributed by atoms with Gasteiger partial charge in [0.05, 0.1) is 6.04 Å². The van der Waals surface area contributed by atoms with Crippen molar-refractivity contribution in [3.8, 4) is 11.1 Å². The van der Waals surface area contributed by atoms with Gasteiger partial charge in [0.1, 0.15) is 5.82 Å². The van der Waals surface area contributed by atoms with Crippen LogP contribution in [0.3, 0.4) is 0 Å². The van der Waals surface area contributed by atoms with E-state index in [9.17, 15) is 14.3 Å². The average Bonchev–Trinajstić information content (AvgIpc) is 2.86. The van der Waals surface area contributed by atoms with Crippen LogP contribution in [0.4, 0.5) is 4.39 Å². The van der Waals surface area contributed by atoms with E-state index in [-0.39, 0.29) is 29.8 Å². The molecule has 1 fully saturated rings. The van der Waals surface area contributed by atoms with Crippen molar-refractivity contribution < 1.29 is 14.3 Å².